The number of hydrogen-bond donors (Lipinski definition) is 1. The number of carbonyl (C=O) groups excluding carboxylic acids is 1. The van der Waals surface area contributed by atoms with Crippen molar-refractivity contribution in [2.45, 2.75) is 0 Å². The average Bonchev–Trinajstić information content (AvgIpc) is 2.21. The van der Waals surface area contributed by atoms with Gasteiger partial charge >= 0.3 is 29.6 Å². The number of benzene rings is 1. The Morgan fingerprint density at radius 2 is 2.00 bits per heavy atom. The molecule has 0 aliphatic heterocycles. The molecule has 0 heterocycles. The first-order valence-electron chi connectivity index (χ1n) is 3.74. The summed E-state index contributed by atoms with van der Waals surface area (Å²) in [6.45, 7) is 0. The van der Waals surface area contributed by atoms with Crippen molar-refractivity contribution in [2.24, 2.45) is 5.16 Å². The Kier molecular flexibility index (Phi) is 6.38. The molecule has 0 aliphatic carbocycles. The number of hydrogen-bond acceptors (Lipinski definition) is 4. The monoisotopic (exact) mass is 211 g/mol. The molecule has 0 bridgehead atoms. The Balaban J connectivity index is 0.00000196. The second-order valence-corrected chi connectivity index (χ2v) is 2.37. The number of anilines is 1. The summed E-state index contributed by atoms with van der Waals surface area (Å²) in [6.07, 6.45) is 0. The summed E-state index contributed by atoms with van der Waals surface area (Å²) >= 11 is 0. The molecule has 0 atom stereocenters. The van der Waals surface area contributed by atoms with Gasteiger partial charge in [-0.3, -0.25) is 4.79 Å². The van der Waals surface area contributed by atoms with Gasteiger partial charge in [0.2, 0.25) is 0 Å². The molecule has 1 rings (SSSR count). The van der Waals surface area contributed by atoms with E-state index in [0.29, 0.717) is 5.69 Å². The van der Waals surface area contributed by atoms with E-state index in [1.54, 1.807) is 30.3 Å². The molecule has 0 spiro atoms. The number of carbonyl (C=O) groups is 1. The van der Waals surface area contributed by atoms with E-state index in [0.717, 1.165) is 0 Å². The summed E-state index contributed by atoms with van der Waals surface area (Å²) in [5, 5.41) is 23.0. The molecule has 70 valence electrons. The second kappa shape index (κ2) is 7.01. The van der Waals surface area contributed by atoms with E-state index in [2.05, 4.69) is 10.5 Å². The van der Waals surface area contributed by atoms with Crippen LogP contribution in [0.2, 0.25) is 0 Å². The van der Waals surface area contributed by atoms with Gasteiger partial charge < -0.3 is 15.7 Å². The molecule has 1 aromatic rings. The fourth-order valence-electron chi connectivity index (χ4n) is 0.824. The van der Waals surface area contributed by atoms with E-state index in [9.17, 15) is 10.0 Å². The van der Waals surface area contributed by atoms with Crippen molar-refractivity contribution >= 4 is 17.3 Å². The zero-order chi connectivity index (χ0) is 10.4. The van der Waals surface area contributed by atoms with Crippen LogP contribution in [-0.4, -0.2) is 11.6 Å². The van der Waals surface area contributed by atoms with Gasteiger partial charge in [0.25, 0.3) is 5.91 Å². The molecule has 15 heavy (non-hydrogen) atoms. The minimum atomic E-state index is -0.797. The normalized spacial score (nSPS) is 9.67. The van der Waals surface area contributed by atoms with Gasteiger partial charge in [0.1, 0.15) is 6.07 Å². The van der Waals surface area contributed by atoms with Crippen molar-refractivity contribution in [1.82, 2.24) is 0 Å². The molecule has 0 unspecified atom stereocenters. The standard InChI is InChI=1S/C9H7N3O2.Na/c10-6-8(12-14)9(13)11-7-4-2-1-3-5-7;/h1-5,14H,(H,11,13);/q;+1/p-1. The average molecular weight is 211 g/mol. The van der Waals surface area contributed by atoms with E-state index < -0.39 is 11.6 Å². The molecule has 6 heteroatoms. The van der Waals surface area contributed by atoms with Crippen LogP contribution in [0.3, 0.4) is 0 Å². The molecule has 0 aromatic heterocycles. The summed E-state index contributed by atoms with van der Waals surface area (Å²) in [7, 11) is 0. The van der Waals surface area contributed by atoms with Crippen LogP contribution in [0.5, 0.6) is 0 Å². The molecule has 1 aromatic carbocycles. The smallest absolute Gasteiger partial charge is 0.791 e. The second-order valence-electron chi connectivity index (χ2n) is 2.37. The predicted octanol–water partition coefficient (Wildman–Crippen LogP) is -1.91. The largest absolute Gasteiger partial charge is 1.00 e. The third-order valence-electron chi connectivity index (χ3n) is 1.44. The quantitative estimate of drug-likeness (QED) is 0.352. The van der Waals surface area contributed by atoms with Crippen LogP contribution in [0.4, 0.5) is 5.69 Å². The number of nitriles is 1. The third kappa shape index (κ3) is 4.13. The van der Waals surface area contributed by atoms with Gasteiger partial charge in [0.15, 0.2) is 5.71 Å². The first-order valence-corrected chi connectivity index (χ1v) is 3.74. The number of rotatable bonds is 2. The fraction of sp³-hybridized carbons (Fsp3) is 0. The molecule has 0 aliphatic rings. The van der Waals surface area contributed by atoms with Gasteiger partial charge in [-0.05, 0) is 12.1 Å². The third-order valence-corrected chi connectivity index (χ3v) is 1.44. The summed E-state index contributed by atoms with van der Waals surface area (Å²) < 4.78 is 0. The number of nitrogens with zero attached hydrogens (tertiary/aromatic N) is 2. The zero-order valence-corrected chi connectivity index (χ0v) is 10.1. The van der Waals surface area contributed by atoms with Crippen LogP contribution in [0.1, 0.15) is 0 Å². The van der Waals surface area contributed by atoms with Crippen molar-refractivity contribution in [2.75, 3.05) is 5.32 Å². The topological polar surface area (TPSA) is 88.3 Å². The minimum Gasteiger partial charge on any atom is -0.791 e. The Labute approximate surface area is 109 Å². The Morgan fingerprint density at radius 3 is 2.47 bits per heavy atom. The summed E-state index contributed by atoms with van der Waals surface area (Å²) in [4.78, 5) is 11.1. The summed E-state index contributed by atoms with van der Waals surface area (Å²) in [6, 6.07) is 9.89. The predicted molar refractivity (Wildman–Crippen MR) is 51.5 cm³/mol. The molecular weight excluding hydrogens is 205 g/mol. The molecule has 0 radical (unpaired) electrons. The van der Waals surface area contributed by atoms with Gasteiger partial charge in [-0.25, -0.2) is 0 Å². The summed E-state index contributed by atoms with van der Waals surface area (Å²) in [5.74, 6) is -0.797. The molecule has 0 saturated carbocycles. The number of para-hydroxylation sites is 1. The van der Waals surface area contributed by atoms with Crippen molar-refractivity contribution < 1.29 is 34.4 Å². The maximum atomic E-state index is 11.1. The first-order chi connectivity index (χ1) is 6.77. The minimum absolute atomic E-state index is 0. The Bertz CT molecular complexity index is 398. The first kappa shape index (κ1) is 13.7. The van der Waals surface area contributed by atoms with E-state index in [1.165, 1.54) is 6.07 Å². The van der Waals surface area contributed by atoms with Crippen LogP contribution in [-0.2, 0) is 4.79 Å². The van der Waals surface area contributed by atoms with Gasteiger partial charge in [0, 0.05) is 5.69 Å². The number of nitrogens with one attached hydrogen (secondary N) is 1. The van der Waals surface area contributed by atoms with Crippen molar-refractivity contribution in [3.05, 3.63) is 35.5 Å². The number of amides is 1. The van der Waals surface area contributed by atoms with Crippen molar-refractivity contribution in [1.29, 1.82) is 5.26 Å². The van der Waals surface area contributed by atoms with Crippen LogP contribution in [0.15, 0.2) is 35.5 Å². The van der Waals surface area contributed by atoms with Crippen molar-refractivity contribution in [3.8, 4) is 6.07 Å². The summed E-state index contributed by atoms with van der Waals surface area (Å²) in [5.41, 5.74) is -0.178. The van der Waals surface area contributed by atoms with Crippen molar-refractivity contribution in [3.63, 3.8) is 0 Å². The molecular formula is C9H6N3NaO2. The van der Waals surface area contributed by atoms with E-state index in [4.69, 9.17) is 5.26 Å². The van der Waals surface area contributed by atoms with Gasteiger partial charge in [-0.2, -0.15) is 5.26 Å². The Hall–Kier alpha value is -1.35. The maximum absolute atomic E-state index is 11.1. The van der Waals surface area contributed by atoms with Crippen LogP contribution >= 0.6 is 0 Å². The SMILES string of the molecule is N#CC(=N[O-])C(=O)Nc1ccccc1.[Na+]. The van der Waals surface area contributed by atoms with Crippen LogP contribution in [0, 0.1) is 16.5 Å². The Morgan fingerprint density at radius 1 is 1.40 bits per heavy atom. The van der Waals surface area contributed by atoms with E-state index >= 15 is 0 Å². The molecule has 5 nitrogen and oxygen atoms in total. The van der Waals surface area contributed by atoms with Gasteiger partial charge in [-0.15, -0.1) is 0 Å². The molecule has 0 saturated heterocycles. The fourth-order valence-corrected chi connectivity index (χ4v) is 0.824. The van der Waals surface area contributed by atoms with Gasteiger partial charge in [0.05, 0.1) is 0 Å². The molecule has 1 N–H and O–H groups in total. The zero-order valence-electron chi connectivity index (χ0n) is 8.10. The van der Waals surface area contributed by atoms with Gasteiger partial charge in [-0.1, -0.05) is 18.2 Å². The maximum Gasteiger partial charge on any atom is 1.00 e. The van der Waals surface area contributed by atoms with Crippen LogP contribution in [0.25, 0.3) is 0 Å². The van der Waals surface area contributed by atoms with E-state index in [1.807, 2.05) is 0 Å². The van der Waals surface area contributed by atoms with E-state index in [-0.39, 0.29) is 29.6 Å². The molecule has 1 amide bonds. The van der Waals surface area contributed by atoms with Crippen LogP contribution < -0.4 is 34.9 Å². The molecule has 0 fully saturated rings.